The quantitative estimate of drug-likeness (QED) is 0.891. The Morgan fingerprint density at radius 1 is 1.24 bits per heavy atom. The summed E-state index contributed by atoms with van der Waals surface area (Å²) in [6.07, 6.45) is 1.49. The summed E-state index contributed by atoms with van der Waals surface area (Å²) in [6, 6.07) is 8.63. The number of rotatable bonds is 3. The Morgan fingerprint density at radius 2 is 1.88 bits per heavy atom. The van der Waals surface area contributed by atoms with Gasteiger partial charge in [0.2, 0.25) is 0 Å². The third kappa shape index (κ3) is 3.54. The molecule has 2 rings (SSSR count). The van der Waals surface area contributed by atoms with E-state index >= 15 is 0 Å². The number of nitrogens with one attached hydrogen (secondary N) is 1. The third-order valence-corrected chi connectivity index (χ3v) is 5.11. The molecule has 1 N–H and O–H groups in total. The van der Waals surface area contributed by atoms with Gasteiger partial charge in [-0.05, 0) is 30.9 Å². The molecule has 1 aromatic rings. The summed E-state index contributed by atoms with van der Waals surface area (Å²) in [5.41, 5.74) is 2.57. The lowest BCUT2D eigenvalue weighted by atomic mass is 10.1. The molecule has 4 heteroatoms. The van der Waals surface area contributed by atoms with Crippen LogP contribution in [0, 0.1) is 6.92 Å². The van der Waals surface area contributed by atoms with Gasteiger partial charge in [0.05, 0.1) is 11.5 Å². The van der Waals surface area contributed by atoms with Gasteiger partial charge in [0, 0.05) is 12.6 Å². The molecule has 17 heavy (non-hydrogen) atoms. The molecule has 0 bridgehead atoms. The van der Waals surface area contributed by atoms with Crippen molar-refractivity contribution in [3.63, 3.8) is 0 Å². The van der Waals surface area contributed by atoms with Crippen LogP contribution < -0.4 is 5.32 Å². The predicted octanol–water partition coefficient (Wildman–Crippen LogP) is 1.66. The average molecular weight is 253 g/mol. The molecular weight excluding hydrogens is 234 g/mol. The highest BCUT2D eigenvalue weighted by molar-refractivity contribution is 7.91. The maximum absolute atomic E-state index is 11.3. The van der Waals surface area contributed by atoms with E-state index in [1.165, 1.54) is 11.1 Å². The highest BCUT2D eigenvalue weighted by Gasteiger charge is 2.22. The van der Waals surface area contributed by atoms with Gasteiger partial charge in [-0.2, -0.15) is 0 Å². The molecule has 1 aromatic carbocycles. The number of benzene rings is 1. The second kappa shape index (κ2) is 5.19. The van der Waals surface area contributed by atoms with E-state index in [2.05, 4.69) is 24.4 Å². The summed E-state index contributed by atoms with van der Waals surface area (Å²) < 4.78 is 22.6. The number of hydrogen-bond acceptors (Lipinski definition) is 3. The molecule has 1 heterocycles. The maximum atomic E-state index is 11.3. The van der Waals surface area contributed by atoms with Crippen molar-refractivity contribution in [1.29, 1.82) is 0 Å². The highest BCUT2D eigenvalue weighted by atomic mass is 32.2. The zero-order valence-electron chi connectivity index (χ0n) is 10.1. The molecule has 1 fully saturated rings. The lowest BCUT2D eigenvalue weighted by Crippen LogP contribution is -2.37. The van der Waals surface area contributed by atoms with Crippen LogP contribution in [0.1, 0.15) is 24.0 Å². The molecule has 0 unspecified atom stereocenters. The summed E-state index contributed by atoms with van der Waals surface area (Å²) in [5, 5.41) is 3.45. The van der Waals surface area contributed by atoms with E-state index in [0.29, 0.717) is 17.5 Å². The van der Waals surface area contributed by atoms with Crippen molar-refractivity contribution in [1.82, 2.24) is 5.32 Å². The van der Waals surface area contributed by atoms with Crippen molar-refractivity contribution in [2.75, 3.05) is 11.5 Å². The molecule has 0 saturated carbocycles. The molecule has 94 valence electrons. The van der Waals surface area contributed by atoms with Crippen LogP contribution in [0.15, 0.2) is 24.3 Å². The number of sulfone groups is 1. The van der Waals surface area contributed by atoms with Crippen molar-refractivity contribution >= 4 is 9.84 Å². The first-order chi connectivity index (χ1) is 8.07. The van der Waals surface area contributed by atoms with Crippen molar-refractivity contribution in [2.45, 2.75) is 32.4 Å². The Kier molecular flexibility index (Phi) is 3.84. The molecule has 0 atom stereocenters. The van der Waals surface area contributed by atoms with Crippen molar-refractivity contribution < 1.29 is 8.42 Å². The number of aryl methyl sites for hydroxylation is 1. The topological polar surface area (TPSA) is 46.2 Å². The number of hydrogen-bond donors (Lipinski definition) is 1. The van der Waals surface area contributed by atoms with Gasteiger partial charge in [-0.1, -0.05) is 24.3 Å². The van der Waals surface area contributed by atoms with Crippen LogP contribution in [0.3, 0.4) is 0 Å². The molecule has 1 aliphatic heterocycles. The summed E-state index contributed by atoms with van der Waals surface area (Å²) in [6.45, 7) is 2.93. The van der Waals surface area contributed by atoms with Crippen molar-refractivity contribution in [3.8, 4) is 0 Å². The molecule has 0 radical (unpaired) electrons. The second-order valence-electron chi connectivity index (χ2n) is 4.73. The van der Waals surface area contributed by atoms with Crippen LogP contribution in [0.2, 0.25) is 0 Å². The molecule has 1 saturated heterocycles. The lowest BCUT2D eigenvalue weighted by molar-refractivity contribution is 0.462. The fourth-order valence-electron chi connectivity index (χ4n) is 2.16. The monoisotopic (exact) mass is 253 g/mol. The zero-order chi connectivity index (χ0) is 12.3. The Hall–Kier alpha value is -0.870. The first-order valence-corrected chi connectivity index (χ1v) is 7.87. The summed E-state index contributed by atoms with van der Waals surface area (Å²) in [7, 11) is -2.75. The molecule has 3 nitrogen and oxygen atoms in total. The fraction of sp³-hybridized carbons (Fsp3) is 0.538. The van der Waals surface area contributed by atoms with E-state index < -0.39 is 9.84 Å². The first kappa shape index (κ1) is 12.6. The molecule has 1 aliphatic rings. The SMILES string of the molecule is Cc1ccccc1CNC1CCS(=O)(=O)CC1. The minimum absolute atomic E-state index is 0.332. The molecule has 0 aliphatic carbocycles. The second-order valence-corrected chi connectivity index (χ2v) is 7.04. The molecule has 0 aromatic heterocycles. The van der Waals surface area contributed by atoms with Crippen LogP contribution in [-0.4, -0.2) is 26.0 Å². The Labute approximate surface area is 103 Å². The van der Waals surface area contributed by atoms with E-state index in [0.717, 1.165) is 19.4 Å². The van der Waals surface area contributed by atoms with Crippen LogP contribution in [-0.2, 0) is 16.4 Å². The molecule has 0 spiro atoms. The largest absolute Gasteiger partial charge is 0.310 e. The van der Waals surface area contributed by atoms with E-state index in [4.69, 9.17) is 0 Å². The van der Waals surface area contributed by atoms with E-state index in [-0.39, 0.29) is 0 Å². The summed E-state index contributed by atoms with van der Waals surface area (Å²) in [5.74, 6) is 0.664. The fourth-order valence-corrected chi connectivity index (χ4v) is 3.65. The minimum atomic E-state index is -2.75. The maximum Gasteiger partial charge on any atom is 0.150 e. The van der Waals surface area contributed by atoms with Gasteiger partial charge in [-0.3, -0.25) is 0 Å². The first-order valence-electron chi connectivity index (χ1n) is 6.05. The van der Waals surface area contributed by atoms with Crippen LogP contribution in [0.25, 0.3) is 0 Å². The summed E-state index contributed by atoms with van der Waals surface area (Å²) >= 11 is 0. The predicted molar refractivity (Wildman–Crippen MR) is 69.7 cm³/mol. The average Bonchev–Trinajstić information content (AvgIpc) is 2.30. The van der Waals surface area contributed by atoms with Crippen LogP contribution >= 0.6 is 0 Å². The Morgan fingerprint density at radius 3 is 2.53 bits per heavy atom. The highest BCUT2D eigenvalue weighted by Crippen LogP contribution is 2.13. The zero-order valence-corrected chi connectivity index (χ0v) is 11.0. The van der Waals surface area contributed by atoms with E-state index in [1.54, 1.807) is 0 Å². The van der Waals surface area contributed by atoms with Crippen LogP contribution in [0.5, 0.6) is 0 Å². The standard InChI is InChI=1S/C13H19NO2S/c1-11-4-2-3-5-12(11)10-14-13-6-8-17(15,16)9-7-13/h2-5,13-14H,6-10H2,1H3. The third-order valence-electron chi connectivity index (χ3n) is 3.40. The van der Waals surface area contributed by atoms with Gasteiger partial charge in [0.15, 0.2) is 0 Å². The summed E-state index contributed by atoms with van der Waals surface area (Å²) in [4.78, 5) is 0. The van der Waals surface area contributed by atoms with Gasteiger partial charge in [0.25, 0.3) is 0 Å². The van der Waals surface area contributed by atoms with Gasteiger partial charge < -0.3 is 5.32 Å². The van der Waals surface area contributed by atoms with Gasteiger partial charge in [0.1, 0.15) is 9.84 Å². The smallest absolute Gasteiger partial charge is 0.150 e. The lowest BCUT2D eigenvalue weighted by Gasteiger charge is -2.23. The molecule has 0 amide bonds. The Balaban J connectivity index is 1.86. The Bertz CT molecular complexity index is 468. The van der Waals surface area contributed by atoms with E-state index in [1.807, 2.05) is 12.1 Å². The van der Waals surface area contributed by atoms with Gasteiger partial charge in [-0.15, -0.1) is 0 Å². The normalized spacial score (nSPS) is 20.3. The van der Waals surface area contributed by atoms with Gasteiger partial charge in [-0.25, -0.2) is 8.42 Å². The minimum Gasteiger partial charge on any atom is -0.310 e. The van der Waals surface area contributed by atoms with Gasteiger partial charge >= 0.3 is 0 Å². The van der Waals surface area contributed by atoms with Crippen molar-refractivity contribution in [2.24, 2.45) is 0 Å². The van der Waals surface area contributed by atoms with Crippen molar-refractivity contribution in [3.05, 3.63) is 35.4 Å². The van der Waals surface area contributed by atoms with Crippen LogP contribution in [0.4, 0.5) is 0 Å². The van der Waals surface area contributed by atoms with E-state index in [9.17, 15) is 8.42 Å². The molecular formula is C13H19NO2S.